The van der Waals surface area contributed by atoms with E-state index in [4.69, 9.17) is 0 Å². The van der Waals surface area contributed by atoms with Gasteiger partial charge in [-0.15, -0.1) is 0 Å². The first kappa shape index (κ1) is 13.3. The van der Waals surface area contributed by atoms with Gasteiger partial charge in [-0.25, -0.2) is 0 Å². The Morgan fingerprint density at radius 3 is 1.95 bits per heavy atom. The molecule has 3 rings (SSSR count). The fraction of sp³-hybridized carbons (Fsp3) is 0.529. The first-order chi connectivity index (χ1) is 9.70. The number of rotatable bonds is 3. The van der Waals surface area contributed by atoms with E-state index >= 15 is 0 Å². The Morgan fingerprint density at radius 2 is 1.45 bits per heavy atom. The van der Waals surface area contributed by atoms with Crippen LogP contribution in [0.1, 0.15) is 59.7 Å². The van der Waals surface area contributed by atoms with Gasteiger partial charge in [0.25, 0.3) is 11.8 Å². The van der Waals surface area contributed by atoms with Crippen LogP contribution >= 0.6 is 0 Å². The smallest absolute Gasteiger partial charge is 0.261 e. The number of carbonyl (C=O) groups is 2. The predicted octanol–water partition coefficient (Wildman–Crippen LogP) is 3.50. The van der Waals surface area contributed by atoms with Crippen molar-refractivity contribution in [3.8, 4) is 0 Å². The van der Waals surface area contributed by atoms with Crippen molar-refractivity contribution in [3.63, 3.8) is 0 Å². The highest BCUT2D eigenvalue weighted by molar-refractivity contribution is 6.21. The minimum absolute atomic E-state index is 0.108. The summed E-state index contributed by atoms with van der Waals surface area (Å²) in [5.74, 6) is 1.11. The van der Waals surface area contributed by atoms with E-state index in [0.29, 0.717) is 23.6 Å². The van der Waals surface area contributed by atoms with Crippen LogP contribution < -0.4 is 0 Å². The number of amides is 2. The summed E-state index contributed by atoms with van der Waals surface area (Å²) in [5, 5.41) is 0. The van der Waals surface area contributed by atoms with Crippen molar-refractivity contribution in [2.24, 2.45) is 11.8 Å². The van der Waals surface area contributed by atoms with Crippen molar-refractivity contribution in [2.75, 3.05) is 6.54 Å². The molecule has 1 aromatic carbocycles. The predicted molar refractivity (Wildman–Crippen MR) is 77.5 cm³/mol. The molecule has 0 unspecified atom stereocenters. The van der Waals surface area contributed by atoms with Crippen LogP contribution in [0.2, 0.25) is 0 Å². The molecule has 0 atom stereocenters. The maximum Gasteiger partial charge on any atom is 0.261 e. The largest absolute Gasteiger partial charge is 0.274 e. The minimum Gasteiger partial charge on any atom is -0.274 e. The van der Waals surface area contributed by atoms with Crippen molar-refractivity contribution < 1.29 is 9.59 Å². The average Bonchev–Trinajstić information content (AvgIpc) is 2.74. The van der Waals surface area contributed by atoms with Crippen LogP contribution in [-0.2, 0) is 0 Å². The molecule has 0 N–H and O–H groups in total. The summed E-state index contributed by atoms with van der Waals surface area (Å²) in [4.78, 5) is 26.1. The van der Waals surface area contributed by atoms with E-state index in [2.05, 4.69) is 6.92 Å². The molecule has 0 spiro atoms. The van der Waals surface area contributed by atoms with Gasteiger partial charge in [0.2, 0.25) is 0 Å². The molecule has 1 saturated carbocycles. The normalized spacial score (nSPS) is 25.9. The molecule has 0 radical (unpaired) electrons. The van der Waals surface area contributed by atoms with Crippen LogP contribution in [0.5, 0.6) is 0 Å². The standard InChI is InChI=1S/C17H21NO2/c1-2-12-7-9-13(10-8-12)11-18-16(19)14-5-3-4-6-15(14)17(18)20/h3-6,12-13H,2,7-11H2,1H3. The summed E-state index contributed by atoms with van der Waals surface area (Å²) in [6.07, 6.45) is 6.02. The lowest BCUT2D eigenvalue weighted by Gasteiger charge is -2.30. The van der Waals surface area contributed by atoms with Crippen molar-refractivity contribution in [3.05, 3.63) is 35.4 Å². The third-order valence-electron chi connectivity index (χ3n) is 4.86. The summed E-state index contributed by atoms with van der Waals surface area (Å²) < 4.78 is 0. The van der Waals surface area contributed by atoms with Gasteiger partial charge in [0.1, 0.15) is 0 Å². The van der Waals surface area contributed by atoms with Gasteiger partial charge in [0, 0.05) is 6.54 Å². The Balaban J connectivity index is 1.68. The number of nitrogens with zero attached hydrogens (tertiary/aromatic N) is 1. The highest BCUT2D eigenvalue weighted by Crippen LogP contribution is 2.32. The van der Waals surface area contributed by atoms with Gasteiger partial charge in [-0.05, 0) is 36.8 Å². The van der Waals surface area contributed by atoms with E-state index in [1.807, 2.05) is 12.1 Å². The molecule has 20 heavy (non-hydrogen) atoms. The number of carbonyl (C=O) groups excluding carboxylic acids is 2. The van der Waals surface area contributed by atoms with E-state index in [1.165, 1.54) is 24.2 Å². The molecule has 3 heteroatoms. The van der Waals surface area contributed by atoms with E-state index < -0.39 is 0 Å². The summed E-state index contributed by atoms with van der Waals surface area (Å²) >= 11 is 0. The molecule has 2 amide bonds. The van der Waals surface area contributed by atoms with Crippen LogP contribution in [0.25, 0.3) is 0 Å². The van der Waals surface area contributed by atoms with Gasteiger partial charge in [-0.1, -0.05) is 38.3 Å². The van der Waals surface area contributed by atoms with Crippen LogP contribution in [0.4, 0.5) is 0 Å². The first-order valence-corrected chi connectivity index (χ1v) is 7.66. The minimum atomic E-state index is -0.108. The molecule has 0 saturated heterocycles. The summed E-state index contributed by atoms with van der Waals surface area (Å²) in [5.41, 5.74) is 1.14. The van der Waals surface area contributed by atoms with Gasteiger partial charge in [-0.3, -0.25) is 14.5 Å². The molecule has 1 aliphatic heterocycles. The van der Waals surface area contributed by atoms with Crippen molar-refractivity contribution in [2.45, 2.75) is 39.0 Å². The summed E-state index contributed by atoms with van der Waals surface area (Å²) in [7, 11) is 0. The number of hydrogen-bond donors (Lipinski definition) is 0. The summed E-state index contributed by atoms with van der Waals surface area (Å²) in [6, 6.07) is 7.15. The van der Waals surface area contributed by atoms with Gasteiger partial charge < -0.3 is 0 Å². The highest BCUT2D eigenvalue weighted by atomic mass is 16.2. The fourth-order valence-electron chi connectivity index (χ4n) is 3.49. The zero-order valence-corrected chi connectivity index (χ0v) is 12.0. The Hall–Kier alpha value is -1.64. The molecule has 106 valence electrons. The van der Waals surface area contributed by atoms with Gasteiger partial charge >= 0.3 is 0 Å². The van der Waals surface area contributed by atoms with Gasteiger partial charge in [-0.2, -0.15) is 0 Å². The fourth-order valence-corrected chi connectivity index (χ4v) is 3.49. The lowest BCUT2D eigenvalue weighted by atomic mass is 9.80. The van der Waals surface area contributed by atoms with E-state index in [0.717, 1.165) is 18.8 Å². The maximum atomic E-state index is 12.3. The summed E-state index contributed by atoms with van der Waals surface area (Å²) in [6.45, 7) is 2.85. The Morgan fingerprint density at radius 1 is 0.950 bits per heavy atom. The molecular weight excluding hydrogens is 250 g/mol. The second kappa shape index (κ2) is 5.39. The van der Waals surface area contributed by atoms with E-state index in [-0.39, 0.29) is 11.8 Å². The zero-order valence-electron chi connectivity index (χ0n) is 12.0. The topological polar surface area (TPSA) is 37.4 Å². The third kappa shape index (κ3) is 2.26. The third-order valence-corrected chi connectivity index (χ3v) is 4.86. The van der Waals surface area contributed by atoms with Gasteiger partial charge in [0.15, 0.2) is 0 Å². The lowest BCUT2D eigenvalue weighted by molar-refractivity contribution is 0.0610. The second-order valence-electron chi connectivity index (χ2n) is 6.06. The second-order valence-corrected chi connectivity index (χ2v) is 6.06. The molecule has 0 bridgehead atoms. The molecule has 1 aliphatic carbocycles. The molecular formula is C17H21NO2. The van der Waals surface area contributed by atoms with Crippen LogP contribution in [0, 0.1) is 11.8 Å². The first-order valence-electron chi connectivity index (χ1n) is 7.66. The quantitative estimate of drug-likeness (QED) is 0.789. The number of benzene rings is 1. The molecule has 3 nitrogen and oxygen atoms in total. The molecule has 1 fully saturated rings. The Bertz CT molecular complexity index is 495. The monoisotopic (exact) mass is 271 g/mol. The van der Waals surface area contributed by atoms with Crippen LogP contribution in [0.3, 0.4) is 0 Å². The van der Waals surface area contributed by atoms with Crippen LogP contribution in [-0.4, -0.2) is 23.3 Å². The van der Waals surface area contributed by atoms with E-state index in [9.17, 15) is 9.59 Å². The Labute approximate surface area is 120 Å². The maximum absolute atomic E-state index is 12.3. The molecule has 1 aromatic rings. The SMILES string of the molecule is CCC1CCC(CN2C(=O)c3ccccc3C2=O)CC1. The van der Waals surface area contributed by atoms with Gasteiger partial charge in [0.05, 0.1) is 11.1 Å². The van der Waals surface area contributed by atoms with Crippen LogP contribution in [0.15, 0.2) is 24.3 Å². The number of fused-ring (bicyclic) bond motifs is 1. The highest BCUT2D eigenvalue weighted by Gasteiger charge is 2.36. The molecule has 2 aliphatic rings. The molecule has 1 heterocycles. The van der Waals surface area contributed by atoms with E-state index in [1.54, 1.807) is 12.1 Å². The van der Waals surface area contributed by atoms with Crippen molar-refractivity contribution >= 4 is 11.8 Å². The number of hydrogen-bond acceptors (Lipinski definition) is 2. The lowest BCUT2D eigenvalue weighted by Crippen LogP contribution is -2.35. The zero-order chi connectivity index (χ0) is 14.1. The average molecular weight is 271 g/mol. The number of imide groups is 1. The van der Waals surface area contributed by atoms with Crippen molar-refractivity contribution in [1.82, 2.24) is 4.90 Å². The Kier molecular flexibility index (Phi) is 3.60. The molecule has 0 aromatic heterocycles. The van der Waals surface area contributed by atoms with Crippen molar-refractivity contribution in [1.29, 1.82) is 0 Å².